The monoisotopic (exact) mass is 595 g/mol. The van der Waals surface area contributed by atoms with Crippen molar-refractivity contribution < 1.29 is 45.8 Å². The minimum atomic E-state index is -5.06. The second-order valence-electron chi connectivity index (χ2n) is 8.29. The second kappa shape index (κ2) is 12.0. The van der Waals surface area contributed by atoms with Crippen molar-refractivity contribution >= 4 is 23.6 Å². The highest BCUT2D eigenvalue weighted by atomic mass is 35.5. The van der Waals surface area contributed by atoms with E-state index in [0.29, 0.717) is 15.3 Å². The molecule has 2 aromatic carbocycles. The Bertz CT molecular complexity index is 1420. The van der Waals surface area contributed by atoms with Crippen molar-refractivity contribution in [3.05, 3.63) is 75.2 Å². The topological polar surface area (TPSA) is 141 Å². The van der Waals surface area contributed by atoms with Crippen molar-refractivity contribution in [1.82, 2.24) is 19.7 Å². The highest BCUT2D eigenvalue weighted by Crippen LogP contribution is 2.31. The summed E-state index contributed by atoms with van der Waals surface area (Å²) < 4.78 is 84.1. The third-order valence-corrected chi connectivity index (χ3v) is 5.63. The maximum absolute atomic E-state index is 13.1. The van der Waals surface area contributed by atoms with Crippen LogP contribution in [0.1, 0.15) is 17.2 Å². The molecule has 1 aromatic heterocycles. The lowest BCUT2D eigenvalue weighted by molar-refractivity contribution is -0.207. The van der Waals surface area contributed by atoms with Crippen LogP contribution in [0.25, 0.3) is 11.4 Å². The number of halogens is 7. The number of alkyl halides is 6. The first kappa shape index (κ1) is 30.5. The first-order valence-electron chi connectivity index (χ1n) is 11.1. The van der Waals surface area contributed by atoms with Gasteiger partial charge in [-0.2, -0.15) is 26.3 Å². The van der Waals surface area contributed by atoms with Crippen LogP contribution in [0.3, 0.4) is 0 Å². The van der Waals surface area contributed by atoms with Crippen LogP contribution in [-0.2, 0) is 28.8 Å². The summed E-state index contributed by atoms with van der Waals surface area (Å²) in [6.07, 6.45) is -15.5. The van der Waals surface area contributed by atoms with E-state index in [1.807, 2.05) is 0 Å². The molecule has 216 valence electrons. The van der Waals surface area contributed by atoms with Gasteiger partial charge in [0.25, 0.3) is 0 Å². The number of nitrogens with zero attached hydrogens (tertiary/aromatic N) is 3. The molecule has 0 radical (unpaired) electrons. The molecule has 10 nitrogen and oxygen atoms in total. The van der Waals surface area contributed by atoms with Gasteiger partial charge in [0.05, 0.1) is 18.7 Å². The second-order valence-corrected chi connectivity index (χ2v) is 8.73. The normalized spacial score (nSPS) is 13.5. The lowest BCUT2D eigenvalue weighted by Crippen LogP contribution is -2.39. The van der Waals surface area contributed by atoms with Crippen LogP contribution in [0.15, 0.2) is 53.3 Å². The highest BCUT2D eigenvalue weighted by Gasteiger charge is 2.39. The van der Waals surface area contributed by atoms with Crippen LogP contribution in [0.4, 0.5) is 31.1 Å². The minimum absolute atomic E-state index is 0.148. The number of primary amides is 1. The van der Waals surface area contributed by atoms with E-state index < -0.39 is 67.4 Å². The van der Waals surface area contributed by atoms with Gasteiger partial charge in [0.15, 0.2) is 11.9 Å². The van der Waals surface area contributed by atoms with Crippen LogP contribution in [0.5, 0.6) is 0 Å². The van der Waals surface area contributed by atoms with Crippen molar-refractivity contribution in [2.75, 3.05) is 6.54 Å². The summed E-state index contributed by atoms with van der Waals surface area (Å²) in [5.41, 5.74) is 2.76. The molecule has 3 aromatic rings. The maximum atomic E-state index is 13.1. The lowest BCUT2D eigenvalue weighted by atomic mass is 10.1. The predicted molar refractivity (Wildman–Crippen MR) is 127 cm³/mol. The molecule has 3 rings (SSSR count). The number of ether oxygens (including phenoxy) is 1. The van der Waals surface area contributed by atoms with Crippen LogP contribution < -0.4 is 16.7 Å². The summed E-state index contributed by atoms with van der Waals surface area (Å²) in [5, 5.41) is 16.0. The quantitative estimate of drug-likeness (QED) is 0.324. The number of nitrogens with two attached hydrogens (primary N) is 1. The number of carbonyl (C=O) groups excluding carboxylic acids is 2. The van der Waals surface area contributed by atoms with Crippen molar-refractivity contribution in [3.8, 4) is 11.4 Å². The zero-order valence-electron chi connectivity index (χ0n) is 20.0. The molecule has 0 aliphatic heterocycles. The van der Waals surface area contributed by atoms with Crippen LogP contribution in [-0.4, -0.2) is 50.3 Å². The smallest absolute Gasteiger partial charge is 0.416 e. The molecular weight excluding hydrogens is 576 g/mol. The van der Waals surface area contributed by atoms with E-state index in [9.17, 15) is 45.8 Å². The molecule has 17 heteroatoms. The molecule has 2 atom stereocenters. The SMILES string of the molecule is NC(=O)OC(CNC(=O)Cn1nc(-c2ccc(Cl)cc2)n(CC(O)C(F)(F)F)c1=O)c1cccc(C(F)(F)F)c1. The largest absolute Gasteiger partial charge is 0.440 e. The van der Waals surface area contributed by atoms with Crippen LogP contribution >= 0.6 is 11.6 Å². The number of rotatable bonds is 9. The standard InChI is InChI=1S/C23H20ClF6N5O5/c24-15-6-4-12(5-7-15)19-33-35(21(39)34(19)10-17(36)23(28,29)30)11-18(37)32-9-16(40-20(31)38)13-2-1-3-14(8-13)22(25,26)27/h1-8,16-17,36H,9-11H2,(H2,31,38)(H,32,37). The average Bonchev–Trinajstić information content (AvgIpc) is 3.15. The zero-order valence-corrected chi connectivity index (χ0v) is 20.8. The van der Waals surface area contributed by atoms with E-state index in [1.165, 1.54) is 30.3 Å². The van der Waals surface area contributed by atoms with Gasteiger partial charge in [-0.3, -0.25) is 9.36 Å². The molecule has 0 fully saturated rings. The number of aromatic nitrogens is 3. The number of amides is 2. The molecule has 0 aliphatic carbocycles. The van der Waals surface area contributed by atoms with Gasteiger partial charge >= 0.3 is 24.1 Å². The van der Waals surface area contributed by atoms with E-state index in [4.69, 9.17) is 22.1 Å². The number of nitrogens with one attached hydrogen (secondary N) is 1. The maximum Gasteiger partial charge on any atom is 0.416 e. The molecule has 0 saturated carbocycles. The number of benzene rings is 2. The summed E-state index contributed by atoms with van der Waals surface area (Å²) in [6, 6.07) is 9.19. The van der Waals surface area contributed by atoms with E-state index in [0.717, 1.165) is 12.1 Å². The van der Waals surface area contributed by atoms with E-state index in [2.05, 4.69) is 10.4 Å². The molecule has 1 heterocycles. The van der Waals surface area contributed by atoms with Gasteiger partial charge in [-0.05, 0) is 42.0 Å². The van der Waals surface area contributed by atoms with Crippen molar-refractivity contribution in [2.45, 2.75) is 37.7 Å². The Morgan fingerprint density at radius 2 is 1.75 bits per heavy atom. The number of aliphatic hydroxyl groups is 1. The summed E-state index contributed by atoms with van der Waals surface area (Å²) >= 11 is 5.82. The number of carbonyl (C=O) groups is 2. The Morgan fingerprint density at radius 3 is 2.33 bits per heavy atom. The van der Waals surface area contributed by atoms with E-state index >= 15 is 0 Å². The zero-order chi connectivity index (χ0) is 29.8. The van der Waals surface area contributed by atoms with Gasteiger partial charge in [-0.25, -0.2) is 14.3 Å². The third kappa shape index (κ3) is 7.75. The molecular formula is C23H20ClF6N5O5. The van der Waals surface area contributed by atoms with E-state index in [1.54, 1.807) is 0 Å². The average molecular weight is 596 g/mol. The van der Waals surface area contributed by atoms with E-state index in [-0.39, 0.29) is 22.0 Å². The van der Waals surface area contributed by atoms with Gasteiger partial charge in [-0.15, -0.1) is 5.10 Å². The van der Waals surface area contributed by atoms with Crippen molar-refractivity contribution in [2.24, 2.45) is 5.73 Å². The summed E-state index contributed by atoms with van der Waals surface area (Å²) in [4.78, 5) is 36.7. The molecule has 2 amide bonds. The third-order valence-electron chi connectivity index (χ3n) is 5.38. The van der Waals surface area contributed by atoms with Crippen molar-refractivity contribution in [3.63, 3.8) is 0 Å². The van der Waals surface area contributed by atoms with Gasteiger partial charge in [-0.1, -0.05) is 23.7 Å². The van der Waals surface area contributed by atoms with Gasteiger partial charge in [0.2, 0.25) is 5.91 Å². The van der Waals surface area contributed by atoms with Crippen LogP contribution in [0.2, 0.25) is 5.02 Å². The highest BCUT2D eigenvalue weighted by molar-refractivity contribution is 6.30. The minimum Gasteiger partial charge on any atom is -0.440 e. The Labute approximate surface area is 225 Å². The summed E-state index contributed by atoms with van der Waals surface area (Å²) in [7, 11) is 0. The van der Waals surface area contributed by atoms with Gasteiger partial charge in [0, 0.05) is 10.6 Å². The van der Waals surface area contributed by atoms with Gasteiger partial charge < -0.3 is 20.9 Å². The Balaban J connectivity index is 1.84. The predicted octanol–water partition coefficient (Wildman–Crippen LogP) is 3.26. The molecule has 40 heavy (non-hydrogen) atoms. The fourth-order valence-electron chi connectivity index (χ4n) is 3.48. The fraction of sp³-hybridized carbons (Fsp3) is 0.304. The van der Waals surface area contributed by atoms with Crippen LogP contribution in [0, 0.1) is 0 Å². The van der Waals surface area contributed by atoms with Gasteiger partial charge in [0.1, 0.15) is 12.6 Å². The number of hydrogen-bond acceptors (Lipinski definition) is 6. The lowest BCUT2D eigenvalue weighted by Gasteiger charge is -2.19. The fourth-order valence-corrected chi connectivity index (χ4v) is 3.61. The first-order valence-corrected chi connectivity index (χ1v) is 11.5. The molecule has 0 spiro atoms. The summed E-state index contributed by atoms with van der Waals surface area (Å²) in [5.74, 6) is -1.27. The Hall–Kier alpha value is -4.05. The number of aliphatic hydroxyl groups excluding tert-OH is 1. The first-order chi connectivity index (χ1) is 18.6. The molecule has 2 unspecified atom stereocenters. The Morgan fingerprint density at radius 1 is 1.10 bits per heavy atom. The number of hydrogen-bond donors (Lipinski definition) is 3. The molecule has 0 bridgehead atoms. The van der Waals surface area contributed by atoms with Crippen molar-refractivity contribution in [1.29, 1.82) is 0 Å². The molecule has 0 saturated heterocycles. The molecule has 4 N–H and O–H groups in total. The summed E-state index contributed by atoms with van der Waals surface area (Å²) in [6.45, 7) is -2.65. The Kier molecular flexibility index (Phi) is 9.14. The molecule has 0 aliphatic rings.